The van der Waals surface area contributed by atoms with Crippen molar-refractivity contribution in [2.45, 2.75) is 46.3 Å². The van der Waals surface area contributed by atoms with Crippen LogP contribution in [0.4, 0.5) is 5.82 Å². The van der Waals surface area contributed by atoms with Gasteiger partial charge in [0.25, 0.3) is 5.91 Å². The summed E-state index contributed by atoms with van der Waals surface area (Å²) in [5.74, 6) is 0.234. The highest BCUT2D eigenvalue weighted by Gasteiger charge is 2.35. The molecule has 0 aromatic carbocycles. The quantitative estimate of drug-likeness (QED) is 0.836. The number of aromatic nitrogens is 2. The first-order valence-corrected chi connectivity index (χ1v) is 6.25. The molecule has 102 valence electrons. The SMILES string of the molecule is CC1=C(C)C(O)N(c2cc(C(C)(C)C)ncn2)C1=O. The molecule has 19 heavy (non-hydrogen) atoms. The Morgan fingerprint density at radius 3 is 2.37 bits per heavy atom. The monoisotopic (exact) mass is 261 g/mol. The second-order valence-corrected chi connectivity index (χ2v) is 5.87. The van der Waals surface area contributed by atoms with Crippen LogP contribution in [-0.4, -0.2) is 27.2 Å². The van der Waals surface area contributed by atoms with E-state index in [1.165, 1.54) is 11.2 Å². The van der Waals surface area contributed by atoms with Gasteiger partial charge in [-0.25, -0.2) is 9.97 Å². The largest absolute Gasteiger partial charge is 0.369 e. The summed E-state index contributed by atoms with van der Waals surface area (Å²) in [7, 11) is 0. The van der Waals surface area contributed by atoms with E-state index in [4.69, 9.17) is 0 Å². The summed E-state index contributed by atoms with van der Waals surface area (Å²) < 4.78 is 0. The van der Waals surface area contributed by atoms with Gasteiger partial charge in [0.2, 0.25) is 0 Å². The van der Waals surface area contributed by atoms with Crippen LogP contribution in [0.5, 0.6) is 0 Å². The summed E-state index contributed by atoms with van der Waals surface area (Å²) in [6.07, 6.45) is 0.494. The molecule has 0 radical (unpaired) electrons. The minimum absolute atomic E-state index is 0.136. The van der Waals surface area contributed by atoms with Gasteiger partial charge in [0.1, 0.15) is 12.1 Å². The van der Waals surface area contributed by atoms with Gasteiger partial charge in [-0.3, -0.25) is 9.69 Å². The molecule has 0 fully saturated rings. The summed E-state index contributed by atoms with van der Waals surface area (Å²) in [6, 6.07) is 1.76. The highest BCUT2D eigenvalue weighted by Crippen LogP contribution is 2.30. The molecule has 1 atom stereocenters. The molecule has 1 unspecified atom stereocenters. The maximum Gasteiger partial charge on any atom is 0.257 e. The van der Waals surface area contributed by atoms with Gasteiger partial charge in [-0.15, -0.1) is 0 Å². The molecule has 1 aliphatic rings. The van der Waals surface area contributed by atoms with E-state index in [0.717, 1.165) is 5.69 Å². The third-order valence-electron chi connectivity index (χ3n) is 3.43. The Morgan fingerprint density at radius 2 is 1.89 bits per heavy atom. The van der Waals surface area contributed by atoms with Crippen LogP contribution in [0.1, 0.15) is 40.3 Å². The first-order chi connectivity index (χ1) is 8.73. The fraction of sp³-hybridized carbons (Fsp3) is 0.500. The molecule has 1 amide bonds. The van der Waals surface area contributed by atoms with E-state index in [1.807, 2.05) is 20.8 Å². The molecule has 0 spiro atoms. The van der Waals surface area contributed by atoms with Crippen LogP contribution < -0.4 is 4.90 Å². The lowest BCUT2D eigenvalue weighted by Gasteiger charge is -2.23. The number of carbonyl (C=O) groups is 1. The molecule has 2 heterocycles. The van der Waals surface area contributed by atoms with Crippen molar-refractivity contribution in [1.29, 1.82) is 0 Å². The van der Waals surface area contributed by atoms with Crippen molar-refractivity contribution < 1.29 is 9.90 Å². The van der Waals surface area contributed by atoms with Gasteiger partial charge in [-0.2, -0.15) is 0 Å². The van der Waals surface area contributed by atoms with Crippen molar-refractivity contribution in [3.8, 4) is 0 Å². The lowest BCUT2D eigenvalue weighted by atomic mass is 9.92. The third-order valence-corrected chi connectivity index (χ3v) is 3.43. The fourth-order valence-electron chi connectivity index (χ4n) is 1.97. The molecule has 2 rings (SSSR count). The Hall–Kier alpha value is -1.75. The number of aliphatic hydroxyl groups is 1. The van der Waals surface area contributed by atoms with Crippen molar-refractivity contribution in [2.75, 3.05) is 4.90 Å². The molecule has 1 aromatic heterocycles. The van der Waals surface area contributed by atoms with E-state index in [0.29, 0.717) is 17.0 Å². The van der Waals surface area contributed by atoms with E-state index in [-0.39, 0.29) is 11.3 Å². The summed E-state index contributed by atoms with van der Waals surface area (Å²) in [6.45, 7) is 9.58. The first kappa shape index (κ1) is 13.7. The number of carbonyl (C=O) groups excluding carboxylic acids is 1. The number of hydrogen-bond donors (Lipinski definition) is 1. The van der Waals surface area contributed by atoms with Crippen molar-refractivity contribution in [2.24, 2.45) is 0 Å². The third kappa shape index (κ3) is 2.26. The molecule has 5 nitrogen and oxygen atoms in total. The zero-order valence-electron chi connectivity index (χ0n) is 11.9. The van der Waals surface area contributed by atoms with Gasteiger partial charge in [-0.05, 0) is 19.4 Å². The summed E-state index contributed by atoms with van der Waals surface area (Å²) >= 11 is 0. The predicted molar refractivity (Wildman–Crippen MR) is 72.6 cm³/mol. The zero-order chi connectivity index (χ0) is 14.4. The van der Waals surface area contributed by atoms with Crippen molar-refractivity contribution in [1.82, 2.24) is 9.97 Å². The standard InChI is InChI=1S/C14H19N3O2/c1-8-9(2)13(19)17(12(8)18)11-6-10(14(3,4)5)15-7-16-11/h6-7,12,18H,1-5H3. The molecule has 1 N–H and O–H groups in total. The summed E-state index contributed by atoms with van der Waals surface area (Å²) in [5, 5.41) is 10.1. The molecule has 1 aliphatic heterocycles. The maximum absolute atomic E-state index is 12.1. The van der Waals surface area contributed by atoms with Crippen LogP contribution >= 0.6 is 0 Å². The zero-order valence-corrected chi connectivity index (χ0v) is 11.9. The molecule has 0 bridgehead atoms. The maximum atomic E-state index is 12.1. The predicted octanol–water partition coefficient (Wildman–Crippen LogP) is 1.78. The minimum atomic E-state index is -0.935. The van der Waals surface area contributed by atoms with E-state index in [1.54, 1.807) is 19.9 Å². The molecular formula is C14H19N3O2. The van der Waals surface area contributed by atoms with E-state index < -0.39 is 6.23 Å². The van der Waals surface area contributed by atoms with Crippen LogP contribution in [0, 0.1) is 0 Å². The number of amides is 1. The van der Waals surface area contributed by atoms with E-state index in [9.17, 15) is 9.90 Å². The highest BCUT2D eigenvalue weighted by atomic mass is 16.3. The normalized spacial score (nSPS) is 20.4. The second kappa shape index (κ2) is 4.42. The fourth-order valence-corrected chi connectivity index (χ4v) is 1.97. The molecule has 0 saturated carbocycles. The van der Waals surface area contributed by atoms with Gasteiger partial charge in [0, 0.05) is 17.1 Å². The first-order valence-electron chi connectivity index (χ1n) is 6.25. The number of anilines is 1. The van der Waals surface area contributed by atoms with Crippen LogP contribution in [0.2, 0.25) is 0 Å². The average molecular weight is 261 g/mol. The van der Waals surface area contributed by atoms with Gasteiger partial charge in [-0.1, -0.05) is 20.8 Å². The molecule has 1 aromatic rings. The Balaban J connectivity index is 2.42. The van der Waals surface area contributed by atoms with Crippen molar-refractivity contribution in [3.05, 3.63) is 29.2 Å². The molecule has 0 aliphatic carbocycles. The average Bonchev–Trinajstić information content (AvgIpc) is 2.53. The van der Waals surface area contributed by atoms with Crippen LogP contribution in [-0.2, 0) is 10.2 Å². The Morgan fingerprint density at radius 1 is 1.26 bits per heavy atom. The van der Waals surface area contributed by atoms with Gasteiger partial charge >= 0.3 is 0 Å². The van der Waals surface area contributed by atoms with E-state index >= 15 is 0 Å². The number of hydrogen-bond acceptors (Lipinski definition) is 4. The summed E-state index contributed by atoms with van der Waals surface area (Å²) in [5.41, 5.74) is 1.94. The van der Waals surface area contributed by atoms with Crippen LogP contribution in [0.25, 0.3) is 0 Å². The highest BCUT2D eigenvalue weighted by molar-refractivity contribution is 6.08. The topological polar surface area (TPSA) is 66.3 Å². The second-order valence-electron chi connectivity index (χ2n) is 5.87. The Kier molecular flexibility index (Phi) is 3.18. The van der Waals surface area contributed by atoms with Crippen molar-refractivity contribution >= 4 is 11.7 Å². The van der Waals surface area contributed by atoms with Gasteiger partial charge < -0.3 is 5.11 Å². The molecule has 0 saturated heterocycles. The Bertz CT molecular complexity index is 558. The molecule has 5 heteroatoms. The van der Waals surface area contributed by atoms with Crippen LogP contribution in [0.3, 0.4) is 0 Å². The molecular weight excluding hydrogens is 242 g/mol. The minimum Gasteiger partial charge on any atom is -0.369 e. The lowest BCUT2D eigenvalue weighted by molar-refractivity contribution is -0.115. The van der Waals surface area contributed by atoms with Gasteiger partial charge in [0.15, 0.2) is 6.23 Å². The van der Waals surface area contributed by atoms with Gasteiger partial charge in [0.05, 0.1) is 5.69 Å². The smallest absolute Gasteiger partial charge is 0.257 e. The van der Waals surface area contributed by atoms with Crippen molar-refractivity contribution in [3.63, 3.8) is 0 Å². The van der Waals surface area contributed by atoms with Crippen LogP contribution in [0.15, 0.2) is 23.5 Å². The van der Waals surface area contributed by atoms with E-state index in [2.05, 4.69) is 9.97 Å². The summed E-state index contributed by atoms with van der Waals surface area (Å²) in [4.78, 5) is 21.8. The number of rotatable bonds is 1. The Labute approximate surface area is 113 Å². The lowest BCUT2D eigenvalue weighted by Crippen LogP contribution is -2.36. The number of aliphatic hydroxyl groups excluding tert-OH is 1. The number of nitrogens with zero attached hydrogens (tertiary/aromatic N) is 3.